The summed E-state index contributed by atoms with van der Waals surface area (Å²) in [5.74, 6) is 0.931. The molecule has 0 aliphatic heterocycles. The number of carbonyl (C=O) groups excluding carboxylic acids is 1. The minimum absolute atomic E-state index is 0.102. The van der Waals surface area contributed by atoms with E-state index in [4.69, 9.17) is 0 Å². The molecule has 0 saturated heterocycles. The van der Waals surface area contributed by atoms with Gasteiger partial charge in [0.15, 0.2) is 0 Å². The van der Waals surface area contributed by atoms with Gasteiger partial charge in [-0.25, -0.2) is 4.98 Å². The van der Waals surface area contributed by atoms with Crippen LogP contribution in [0.25, 0.3) is 0 Å². The Morgan fingerprint density at radius 3 is 2.53 bits per heavy atom. The minimum Gasteiger partial charge on any atom is -0.387 e. The summed E-state index contributed by atoms with van der Waals surface area (Å²) >= 11 is 1.52. The molecule has 108 valence electrons. The topological polar surface area (TPSA) is 90.9 Å². The first-order chi connectivity index (χ1) is 8.65. The van der Waals surface area contributed by atoms with Gasteiger partial charge >= 0.3 is 0 Å². The number of H-pyrrole nitrogens is 1. The number of hydrogen-bond donors (Lipinski definition) is 3. The molecule has 3 N–H and O–H groups in total. The molecule has 0 spiro atoms. The van der Waals surface area contributed by atoms with Gasteiger partial charge in [-0.1, -0.05) is 20.8 Å². The maximum atomic E-state index is 11.9. The monoisotopic (exact) mass is 286 g/mol. The number of hydrogen-bond acceptors (Lipinski definition) is 5. The first kappa shape index (κ1) is 16.0. The van der Waals surface area contributed by atoms with Crippen LogP contribution in [0.3, 0.4) is 0 Å². The van der Waals surface area contributed by atoms with Crippen molar-refractivity contribution in [2.24, 2.45) is 0 Å². The van der Waals surface area contributed by atoms with Gasteiger partial charge in [-0.2, -0.15) is 11.8 Å². The Hall–Kier alpha value is -1.08. The molecule has 1 amide bonds. The van der Waals surface area contributed by atoms with Crippen molar-refractivity contribution in [3.05, 3.63) is 11.6 Å². The lowest BCUT2D eigenvalue weighted by Crippen LogP contribution is -2.42. The molecule has 1 heterocycles. The van der Waals surface area contributed by atoms with Gasteiger partial charge in [0.25, 0.3) is 5.91 Å². The predicted octanol–water partition coefficient (Wildman–Crippen LogP) is 0.946. The zero-order valence-electron chi connectivity index (χ0n) is 12.1. The summed E-state index contributed by atoms with van der Waals surface area (Å²) in [5.41, 5.74) is -1.12. The van der Waals surface area contributed by atoms with Crippen LogP contribution < -0.4 is 5.32 Å². The summed E-state index contributed by atoms with van der Waals surface area (Å²) in [7, 11) is 0. The Bertz CT molecular complexity index is 437. The fourth-order valence-electron chi connectivity index (χ4n) is 1.41. The fraction of sp³-hybridized carbons (Fsp3) is 0.750. The zero-order chi connectivity index (χ0) is 14.7. The molecule has 19 heavy (non-hydrogen) atoms. The summed E-state index contributed by atoms with van der Waals surface area (Å²) in [5, 5.41) is 19.3. The minimum atomic E-state index is -0.932. The van der Waals surface area contributed by atoms with E-state index in [0.29, 0.717) is 11.6 Å². The van der Waals surface area contributed by atoms with E-state index in [2.05, 4.69) is 20.5 Å². The number of carbonyl (C=O) groups is 1. The number of aromatic amines is 1. The molecule has 0 radical (unpaired) electrons. The third-order valence-electron chi connectivity index (χ3n) is 2.48. The molecule has 1 aromatic heterocycles. The lowest BCUT2D eigenvalue weighted by Gasteiger charge is -2.21. The Balaban J connectivity index is 2.62. The van der Waals surface area contributed by atoms with E-state index in [0.717, 1.165) is 0 Å². The van der Waals surface area contributed by atoms with Gasteiger partial charge in [0.2, 0.25) is 5.82 Å². The fourth-order valence-corrected chi connectivity index (χ4v) is 2.13. The van der Waals surface area contributed by atoms with Crippen LogP contribution in [0.5, 0.6) is 0 Å². The first-order valence-electron chi connectivity index (χ1n) is 6.08. The number of amides is 1. The van der Waals surface area contributed by atoms with E-state index in [1.807, 2.05) is 27.0 Å². The number of nitrogens with one attached hydrogen (secondary N) is 2. The summed E-state index contributed by atoms with van der Waals surface area (Å²) in [6, 6.07) is 0. The summed E-state index contributed by atoms with van der Waals surface area (Å²) < 4.78 is 0. The van der Waals surface area contributed by atoms with Crippen molar-refractivity contribution in [2.75, 3.05) is 18.6 Å². The summed E-state index contributed by atoms with van der Waals surface area (Å²) in [6.45, 7) is 7.81. The van der Waals surface area contributed by atoms with E-state index in [-0.39, 0.29) is 23.7 Å². The standard InChI is InChI=1S/C12H22N4O2S/c1-11(2,3)10-14-8(15-16-10)9(17)13-6-12(4,18)7-19-5/h18H,6-7H2,1-5H3,(H,13,17)(H,14,15,16). The maximum absolute atomic E-state index is 11.9. The van der Waals surface area contributed by atoms with Gasteiger partial charge in [0.1, 0.15) is 5.82 Å². The van der Waals surface area contributed by atoms with Crippen LogP contribution in [0.4, 0.5) is 0 Å². The Morgan fingerprint density at radius 1 is 1.42 bits per heavy atom. The number of thioether (sulfide) groups is 1. The van der Waals surface area contributed by atoms with E-state index in [1.54, 1.807) is 6.92 Å². The average molecular weight is 286 g/mol. The van der Waals surface area contributed by atoms with Crippen molar-refractivity contribution >= 4 is 17.7 Å². The third-order valence-corrected chi connectivity index (χ3v) is 3.39. The highest BCUT2D eigenvalue weighted by Crippen LogP contribution is 2.17. The second kappa shape index (κ2) is 5.92. The molecule has 7 heteroatoms. The number of nitrogens with zero attached hydrogens (tertiary/aromatic N) is 2. The highest BCUT2D eigenvalue weighted by Gasteiger charge is 2.24. The second-order valence-corrected chi connectivity index (χ2v) is 6.74. The molecule has 0 aromatic carbocycles. The van der Waals surface area contributed by atoms with E-state index in [1.165, 1.54) is 11.8 Å². The van der Waals surface area contributed by atoms with Gasteiger partial charge in [0.05, 0.1) is 5.60 Å². The Labute approximate surface area is 117 Å². The lowest BCUT2D eigenvalue weighted by molar-refractivity contribution is 0.0719. The largest absolute Gasteiger partial charge is 0.387 e. The van der Waals surface area contributed by atoms with Crippen LogP contribution in [0, 0.1) is 0 Å². The first-order valence-corrected chi connectivity index (χ1v) is 7.47. The van der Waals surface area contributed by atoms with Gasteiger partial charge in [-0.15, -0.1) is 5.10 Å². The zero-order valence-corrected chi connectivity index (χ0v) is 12.9. The smallest absolute Gasteiger partial charge is 0.291 e. The molecular weight excluding hydrogens is 264 g/mol. The van der Waals surface area contributed by atoms with Crippen molar-refractivity contribution in [1.82, 2.24) is 20.5 Å². The molecular formula is C12H22N4O2S. The Morgan fingerprint density at radius 2 is 2.05 bits per heavy atom. The van der Waals surface area contributed by atoms with Crippen molar-refractivity contribution in [2.45, 2.75) is 38.7 Å². The number of aliphatic hydroxyl groups is 1. The van der Waals surface area contributed by atoms with Crippen molar-refractivity contribution in [1.29, 1.82) is 0 Å². The Kier molecular flexibility index (Phi) is 4.98. The van der Waals surface area contributed by atoms with Gasteiger partial charge in [0, 0.05) is 17.7 Å². The van der Waals surface area contributed by atoms with Crippen molar-refractivity contribution < 1.29 is 9.90 Å². The molecule has 1 aromatic rings. The van der Waals surface area contributed by atoms with Crippen molar-refractivity contribution in [3.8, 4) is 0 Å². The average Bonchev–Trinajstić information content (AvgIpc) is 2.74. The molecule has 0 bridgehead atoms. The maximum Gasteiger partial charge on any atom is 0.291 e. The van der Waals surface area contributed by atoms with Crippen LogP contribution in [0.15, 0.2) is 0 Å². The van der Waals surface area contributed by atoms with Crippen LogP contribution in [-0.4, -0.2) is 50.3 Å². The molecule has 1 rings (SSSR count). The molecule has 0 saturated carbocycles. The molecule has 0 fully saturated rings. The molecule has 0 aliphatic carbocycles. The second-order valence-electron chi connectivity index (χ2n) is 5.87. The summed E-state index contributed by atoms with van der Waals surface area (Å²) in [4.78, 5) is 16.0. The quantitative estimate of drug-likeness (QED) is 0.749. The molecule has 1 atom stereocenters. The third kappa shape index (κ3) is 4.83. The van der Waals surface area contributed by atoms with Crippen LogP contribution >= 0.6 is 11.8 Å². The van der Waals surface area contributed by atoms with Crippen LogP contribution in [0.1, 0.15) is 44.1 Å². The van der Waals surface area contributed by atoms with E-state index < -0.39 is 5.60 Å². The normalized spacial score (nSPS) is 15.1. The lowest BCUT2D eigenvalue weighted by atomic mass is 9.96. The highest BCUT2D eigenvalue weighted by atomic mass is 32.2. The summed E-state index contributed by atoms with van der Waals surface area (Å²) in [6.07, 6.45) is 1.90. The molecule has 0 aliphatic rings. The SMILES string of the molecule is CSCC(C)(O)CNC(=O)c1n[nH]c(C(C)(C)C)n1. The molecule has 6 nitrogen and oxygen atoms in total. The van der Waals surface area contributed by atoms with Crippen LogP contribution in [0.2, 0.25) is 0 Å². The van der Waals surface area contributed by atoms with Gasteiger partial charge in [-0.3, -0.25) is 9.89 Å². The number of aromatic nitrogens is 3. The predicted molar refractivity (Wildman–Crippen MR) is 76.4 cm³/mol. The number of rotatable bonds is 5. The highest BCUT2D eigenvalue weighted by molar-refractivity contribution is 7.98. The van der Waals surface area contributed by atoms with Gasteiger partial charge in [-0.05, 0) is 13.2 Å². The van der Waals surface area contributed by atoms with Crippen molar-refractivity contribution in [3.63, 3.8) is 0 Å². The van der Waals surface area contributed by atoms with E-state index in [9.17, 15) is 9.90 Å². The van der Waals surface area contributed by atoms with E-state index >= 15 is 0 Å². The van der Waals surface area contributed by atoms with Crippen LogP contribution in [-0.2, 0) is 5.41 Å². The van der Waals surface area contributed by atoms with Gasteiger partial charge < -0.3 is 10.4 Å². The molecule has 1 unspecified atom stereocenters.